The van der Waals surface area contributed by atoms with E-state index < -0.39 is 5.97 Å². The van der Waals surface area contributed by atoms with E-state index in [2.05, 4.69) is 9.97 Å². The Morgan fingerprint density at radius 1 is 1.24 bits per heavy atom. The molecule has 0 bridgehead atoms. The Kier molecular flexibility index (Phi) is 3.06. The van der Waals surface area contributed by atoms with Crippen molar-refractivity contribution in [3.63, 3.8) is 0 Å². The summed E-state index contributed by atoms with van der Waals surface area (Å²) in [6.07, 6.45) is 0. The summed E-state index contributed by atoms with van der Waals surface area (Å²) in [5.41, 5.74) is 1.37. The van der Waals surface area contributed by atoms with Crippen LogP contribution in [-0.4, -0.2) is 21.0 Å². The number of nitrogens with zero attached hydrogens (tertiary/aromatic N) is 2. The number of aryl methyl sites for hydroxylation is 1. The quantitative estimate of drug-likeness (QED) is 0.888. The van der Waals surface area contributed by atoms with Gasteiger partial charge in [0.15, 0.2) is 5.69 Å². The molecule has 5 heteroatoms. The number of carboxylic acid groups (broad SMARTS) is 1. The van der Waals surface area contributed by atoms with Crippen molar-refractivity contribution in [3.05, 3.63) is 46.9 Å². The first-order valence-corrected chi connectivity index (χ1v) is 5.29. The third-order valence-electron chi connectivity index (χ3n) is 2.20. The summed E-state index contributed by atoms with van der Waals surface area (Å²) in [5.74, 6) is -0.638. The maximum absolute atomic E-state index is 10.9. The van der Waals surface area contributed by atoms with Crippen LogP contribution in [0.15, 0.2) is 30.3 Å². The van der Waals surface area contributed by atoms with Gasteiger partial charge >= 0.3 is 5.97 Å². The molecule has 1 N–H and O–H groups in total. The molecule has 0 fully saturated rings. The Hall–Kier alpha value is -1.94. The zero-order valence-corrected chi connectivity index (χ0v) is 9.77. The molecule has 1 aromatic heterocycles. The van der Waals surface area contributed by atoms with Crippen molar-refractivity contribution < 1.29 is 9.90 Å². The number of carbonyl (C=O) groups is 1. The van der Waals surface area contributed by atoms with E-state index in [9.17, 15) is 4.79 Å². The summed E-state index contributed by atoms with van der Waals surface area (Å²) in [6, 6.07) is 8.48. The second kappa shape index (κ2) is 4.51. The van der Waals surface area contributed by atoms with E-state index in [4.69, 9.17) is 16.7 Å². The van der Waals surface area contributed by atoms with E-state index in [0.29, 0.717) is 16.5 Å². The molecule has 0 spiro atoms. The fourth-order valence-electron chi connectivity index (χ4n) is 1.45. The largest absolute Gasteiger partial charge is 0.477 e. The van der Waals surface area contributed by atoms with Crippen molar-refractivity contribution in [2.24, 2.45) is 0 Å². The van der Waals surface area contributed by atoms with Gasteiger partial charge in [0.25, 0.3) is 0 Å². The van der Waals surface area contributed by atoms with Gasteiger partial charge in [-0.3, -0.25) is 0 Å². The topological polar surface area (TPSA) is 63.1 Å². The van der Waals surface area contributed by atoms with Crippen molar-refractivity contribution in [1.29, 1.82) is 0 Å². The SMILES string of the molecule is Cc1nc(C(=O)O)cc(-c2ccc(Cl)cc2)n1. The van der Waals surface area contributed by atoms with Crippen molar-refractivity contribution in [3.8, 4) is 11.3 Å². The summed E-state index contributed by atoms with van der Waals surface area (Å²) >= 11 is 5.79. The molecule has 0 radical (unpaired) electrons. The van der Waals surface area contributed by atoms with E-state index >= 15 is 0 Å². The lowest BCUT2D eigenvalue weighted by Gasteiger charge is -2.03. The third-order valence-corrected chi connectivity index (χ3v) is 2.45. The maximum Gasteiger partial charge on any atom is 0.354 e. The minimum Gasteiger partial charge on any atom is -0.477 e. The van der Waals surface area contributed by atoms with E-state index in [-0.39, 0.29) is 5.69 Å². The minimum atomic E-state index is -1.06. The molecule has 4 nitrogen and oxygen atoms in total. The first-order chi connectivity index (χ1) is 8.06. The number of halogens is 1. The Morgan fingerprint density at radius 2 is 1.88 bits per heavy atom. The Labute approximate surface area is 103 Å². The minimum absolute atomic E-state index is 0.0116. The van der Waals surface area contributed by atoms with Gasteiger partial charge in [0.2, 0.25) is 0 Å². The molecule has 0 saturated heterocycles. The molecule has 0 atom stereocenters. The lowest BCUT2D eigenvalue weighted by molar-refractivity contribution is 0.0690. The summed E-state index contributed by atoms with van der Waals surface area (Å²) < 4.78 is 0. The van der Waals surface area contributed by atoms with Gasteiger partial charge in [-0.2, -0.15) is 0 Å². The molecule has 0 amide bonds. The van der Waals surface area contributed by atoms with E-state index in [1.54, 1.807) is 31.2 Å². The fourth-order valence-corrected chi connectivity index (χ4v) is 1.57. The van der Waals surface area contributed by atoms with Gasteiger partial charge in [0, 0.05) is 10.6 Å². The predicted molar refractivity (Wildman–Crippen MR) is 64.2 cm³/mol. The van der Waals surface area contributed by atoms with Gasteiger partial charge in [-0.15, -0.1) is 0 Å². The number of carboxylic acids is 1. The average Bonchev–Trinajstić information content (AvgIpc) is 2.29. The highest BCUT2D eigenvalue weighted by Crippen LogP contribution is 2.20. The van der Waals surface area contributed by atoms with Crippen LogP contribution < -0.4 is 0 Å². The number of aromatic carboxylic acids is 1. The molecule has 1 heterocycles. The molecular weight excluding hydrogens is 240 g/mol. The number of rotatable bonds is 2. The first kappa shape index (κ1) is 11.5. The van der Waals surface area contributed by atoms with Gasteiger partial charge in [0.05, 0.1) is 5.69 Å². The molecule has 0 aliphatic heterocycles. The zero-order chi connectivity index (χ0) is 12.4. The van der Waals surface area contributed by atoms with Crippen LogP contribution in [0.1, 0.15) is 16.3 Å². The molecule has 0 unspecified atom stereocenters. The molecule has 0 saturated carbocycles. The van der Waals surface area contributed by atoms with Crippen molar-refractivity contribution in [2.45, 2.75) is 6.92 Å². The fraction of sp³-hybridized carbons (Fsp3) is 0.0833. The molecule has 0 aliphatic carbocycles. The summed E-state index contributed by atoms with van der Waals surface area (Å²) in [5, 5.41) is 9.54. The second-order valence-corrected chi connectivity index (χ2v) is 3.93. The van der Waals surface area contributed by atoms with Crippen molar-refractivity contribution >= 4 is 17.6 Å². The number of aromatic nitrogens is 2. The lowest BCUT2D eigenvalue weighted by Crippen LogP contribution is -2.04. The van der Waals surface area contributed by atoms with E-state index in [1.807, 2.05) is 0 Å². The molecular formula is C12H9ClN2O2. The lowest BCUT2D eigenvalue weighted by atomic mass is 10.1. The van der Waals surface area contributed by atoms with Crippen LogP contribution in [0, 0.1) is 6.92 Å². The molecule has 86 valence electrons. The molecule has 17 heavy (non-hydrogen) atoms. The number of benzene rings is 1. The maximum atomic E-state index is 10.9. The van der Waals surface area contributed by atoms with Gasteiger partial charge < -0.3 is 5.11 Å². The zero-order valence-electron chi connectivity index (χ0n) is 9.01. The Bertz CT molecular complexity index is 567. The molecule has 0 aliphatic rings. The van der Waals surface area contributed by atoms with Crippen LogP contribution in [0.3, 0.4) is 0 Å². The van der Waals surface area contributed by atoms with Crippen molar-refractivity contribution in [1.82, 2.24) is 9.97 Å². The van der Waals surface area contributed by atoms with Crippen LogP contribution >= 0.6 is 11.6 Å². The van der Waals surface area contributed by atoms with Gasteiger partial charge in [-0.1, -0.05) is 23.7 Å². The van der Waals surface area contributed by atoms with Crippen LogP contribution in [0.2, 0.25) is 5.02 Å². The smallest absolute Gasteiger partial charge is 0.354 e. The molecule has 1 aromatic carbocycles. The van der Waals surface area contributed by atoms with Crippen LogP contribution in [-0.2, 0) is 0 Å². The van der Waals surface area contributed by atoms with Crippen LogP contribution in [0.4, 0.5) is 0 Å². The standard InChI is InChI=1S/C12H9ClN2O2/c1-7-14-10(6-11(15-7)12(16)17)8-2-4-9(13)5-3-8/h2-6H,1H3,(H,16,17). The second-order valence-electron chi connectivity index (χ2n) is 3.50. The van der Waals surface area contributed by atoms with Gasteiger partial charge in [-0.25, -0.2) is 14.8 Å². The number of hydrogen-bond donors (Lipinski definition) is 1. The average molecular weight is 249 g/mol. The monoisotopic (exact) mass is 248 g/mol. The summed E-state index contributed by atoms with van der Waals surface area (Å²) in [7, 11) is 0. The highest BCUT2D eigenvalue weighted by molar-refractivity contribution is 6.30. The van der Waals surface area contributed by atoms with Crippen molar-refractivity contribution in [2.75, 3.05) is 0 Å². The first-order valence-electron chi connectivity index (χ1n) is 4.91. The Morgan fingerprint density at radius 3 is 2.47 bits per heavy atom. The third kappa shape index (κ3) is 2.60. The van der Waals surface area contributed by atoms with Crippen LogP contribution in [0.25, 0.3) is 11.3 Å². The van der Waals surface area contributed by atoms with Gasteiger partial charge in [0.1, 0.15) is 5.82 Å². The molecule has 2 rings (SSSR count). The van der Waals surface area contributed by atoms with Gasteiger partial charge in [-0.05, 0) is 25.1 Å². The highest BCUT2D eigenvalue weighted by Gasteiger charge is 2.09. The van der Waals surface area contributed by atoms with E-state index in [0.717, 1.165) is 5.56 Å². The Balaban J connectivity index is 2.51. The summed E-state index contributed by atoms with van der Waals surface area (Å²) in [6.45, 7) is 1.66. The number of hydrogen-bond acceptors (Lipinski definition) is 3. The molecule has 2 aromatic rings. The van der Waals surface area contributed by atoms with E-state index in [1.165, 1.54) is 6.07 Å². The normalized spacial score (nSPS) is 10.2. The summed E-state index contributed by atoms with van der Waals surface area (Å²) in [4.78, 5) is 18.9. The predicted octanol–water partition coefficient (Wildman–Crippen LogP) is 2.80. The highest BCUT2D eigenvalue weighted by atomic mass is 35.5. The van der Waals surface area contributed by atoms with Crippen LogP contribution in [0.5, 0.6) is 0 Å².